The van der Waals surface area contributed by atoms with Crippen molar-refractivity contribution in [3.63, 3.8) is 0 Å². The molecule has 0 unspecified atom stereocenters. The molecule has 3 aromatic carbocycles. The van der Waals surface area contributed by atoms with Crippen molar-refractivity contribution < 1.29 is 14.5 Å². The normalized spacial score (nSPS) is 10.4. The number of anilines is 1. The number of nitrogens with zero attached hydrogens (tertiary/aromatic N) is 1. The number of hydrogen-bond donors (Lipinski definition) is 1. The van der Waals surface area contributed by atoms with E-state index in [1.807, 2.05) is 60.7 Å². The second-order valence-electron chi connectivity index (χ2n) is 5.89. The van der Waals surface area contributed by atoms with E-state index in [2.05, 4.69) is 5.32 Å². The van der Waals surface area contributed by atoms with Gasteiger partial charge in [-0.25, -0.2) is 0 Å². The van der Waals surface area contributed by atoms with Crippen molar-refractivity contribution in [2.45, 2.75) is 5.92 Å². The fraction of sp³-hybridized carbons (Fsp3) is 0.0952. The highest BCUT2D eigenvalue weighted by Crippen LogP contribution is 2.32. The number of ether oxygens (including phenoxy) is 1. The summed E-state index contributed by atoms with van der Waals surface area (Å²) >= 11 is 0. The minimum absolute atomic E-state index is 0.104. The van der Waals surface area contributed by atoms with Crippen LogP contribution in [0, 0.1) is 10.1 Å². The summed E-state index contributed by atoms with van der Waals surface area (Å²) < 4.78 is 5.21. The minimum atomic E-state index is -0.521. The van der Waals surface area contributed by atoms with Gasteiger partial charge in [-0.1, -0.05) is 60.7 Å². The highest BCUT2D eigenvalue weighted by molar-refractivity contribution is 5.99. The molecule has 0 aliphatic rings. The molecule has 27 heavy (non-hydrogen) atoms. The van der Waals surface area contributed by atoms with Gasteiger partial charge in [0.1, 0.15) is 5.75 Å². The second kappa shape index (κ2) is 8.14. The zero-order chi connectivity index (χ0) is 19.2. The molecule has 0 aromatic heterocycles. The topological polar surface area (TPSA) is 81.5 Å². The van der Waals surface area contributed by atoms with Crippen molar-refractivity contribution in [2.75, 3.05) is 12.4 Å². The van der Waals surface area contributed by atoms with Gasteiger partial charge in [-0.15, -0.1) is 0 Å². The lowest BCUT2D eigenvalue weighted by Crippen LogP contribution is -2.22. The van der Waals surface area contributed by atoms with Crippen LogP contribution < -0.4 is 10.1 Å². The molecule has 6 nitrogen and oxygen atoms in total. The molecular weight excluding hydrogens is 344 g/mol. The molecule has 0 bridgehead atoms. The third-order valence-corrected chi connectivity index (χ3v) is 4.18. The van der Waals surface area contributed by atoms with E-state index in [9.17, 15) is 14.9 Å². The first kappa shape index (κ1) is 18.1. The Hall–Kier alpha value is -3.67. The van der Waals surface area contributed by atoms with Crippen LogP contribution in [0.25, 0.3) is 0 Å². The van der Waals surface area contributed by atoms with Gasteiger partial charge in [0.25, 0.3) is 5.69 Å². The van der Waals surface area contributed by atoms with Gasteiger partial charge < -0.3 is 10.1 Å². The molecule has 0 spiro atoms. The van der Waals surface area contributed by atoms with Crippen molar-refractivity contribution >= 4 is 17.3 Å². The number of nitro groups is 1. The molecule has 3 rings (SSSR count). The van der Waals surface area contributed by atoms with E-state index in [0.717, 1.165) is 11.1 Å². The Balaban J connectivity index is 1.95. The molecule has 0 atom stereocenters. The standard InChI is InChI=1S/C21H18N2O4/c1-27-19-14-17(23(25)26)12-13-18(19)22-21(24)20(15-8-4-2-5-9-15)16-10-6-3-7-11-16/h2-14,20H,1H3,(H,22,24). The van der Waals surface area contributed by atoms with E-state index in [1.165, 1.54) is 25.3 Å². The Morgan fingerprint density at radius 1 is 0.963 bits per heavy atom. The lowest BCUT2D eigenvalue weighted by Gasteiger charge is -2.19. The van der Waals surface area contributed by atoms with Crippen LogP contribution >= 0.6 is 0 Å². The number of non-ortho nitro benzene ring substituents is 1. The van der Waals surface area contributed by atoms with Gasteiger partial charge in [0.15, 0.2) is 0 Å². The summed E-state index contributed by atoms with van der Waals surface area (Å²) in [6, 6.07) is 23.0. The lowest BCUT2D eigenvalue weighted by atomic mass is 9.90. The van der Waals surface area contributed by atoms with Crippen LogP contribution in [0.4, 0.5) is 11.4 Å². The number of amides is 1. The number of rotatable bonds is 6. The summed E-state index contributed by atoms with van der Waals surface area (Å²) in [5, 5.41) is 13.8. The van der Waals surface area contributed by atoms with Crippen molar-refractivity contribution in [1.29, 1.82) is 0 Å². The summed E-state index contributed by atoms with van der Waals surface area (Å²) in [6.45, 7) is 0. The van der Waals surface area contributed by atoms with E-state index in [1.54, 1.807) is 0 Å². The number of nitro benzene ring substituents is 1. The SMILES string of the molecule is COc1cc([N+](=O)[O-])ccc1NC(=O)C(c1ccccc1)c1ccccc1. The predicted molar refractivity (Wildman–Crippen MR) is 103 cm³/mol. The molecule has 0 fully saturated rings. The molecule has 1 N–H and O–H groups in total. The van der Waals surface area contributed by atoms with Crippen LogP contribution in [-0.4, -0.2) is 17.9 Å². The zero-order valence-electron chi connectivity index (χ0n) is 14.7. The van der Waals surface area contributed by atoms with Gasteiger partial charge in [-0.2, -0.15) is 0 Å². The fourth-order valence-corrected chi connectivity index (χ4v) is 2.89. The zero-order valence-corrected chi connectivity index (χ0v) is 14.7. The quantitative estimate of drug-likeness (QED) is 0.521. The first-order valence-corrected chi connectivity index (χ1v) is 8.33. The lowest BCUT2D eigenvalue weighted by molar-refractivity contribution is -0.384. The summed E-state index contributed by atoms with van der Waals surface area (Å²) in [7, 11) is 1.40. The highest BCUT2D eigenvalue weighted by atomic mass is 16.6. The maximum Gasteiger partial charge on any atom is 0.273 e. The van der Waals surface area contributed by atoms with E-state index in [-0.39, 0.29) is 17.3 Å². The average molecular weight is 362 g/mol. The second-order valence-corrected chi connectivity index (χ2v) is 5.89. The molecule has 0 radical (unpaired) electrons. The molecule has 1 amide bonds. The Morgan fingerprint density at radius 2 is 1.52 bits per heavy atom. The van der Waals surface area contributed by atoms with Crippen molar-refractivity contribution in [2.24, 2.45) is 0 Å². The first-order valence-electron chi connectivity index (χ1n) is 8.33. The molecule has 136 valence electrons. The molecule has 0 saturated carbocycles. The Kier molecular flexibility index (Phi) is 5.47. The van der Waals surface area contributed by atoms with Gasteiger partial charge in [-0.05, 0) is 17.2 Å². The van der Waals surface area contributed by atoms with Crippen LogP contribution in [-0.2, 0) is 4.79 Å². The smallest absolute Gasteiger partial charge is 0.273 e. The van der Waals surface area contributed by atoms with E-state index in [4.69, 9.17) is 4.74 Å². The van der Waals surface area contributed by atoms with Crippen molar-refractivity contribution in [3.05, 3.63) is 100 Å². The number of nitrogens with one attached hydrogen (secondary N) is 1. The van der Waals surface area contributed by atoms with E-state index in [0.29, 0.717) is 5.69 Å². The Morgan fingerprint density at radius 3 is 2.00 bits per heavy atom. The van der Waals surface area contributed by atoms with Gasteiger partial charge >= 0.3 is 0 Å². The summed E-state index contributed by atoms with van der Waals surface area (Å²) in [6.07, 6.45) is 0. The number of benzene rings is 3. The molecule has 6 heteroatoms. The third kappa shape index (κ3) is 4.12. The Bertz CT molecular complexity index is 903. The van der Waals surface area contributed by atoms with E-state index >= 15 is 0 Å². The average Bonchev–Trinajstić information content (AvgIpc) is 2.70. The molecule has 0 heterocycles. The van der Waals surface area contributed by atoms with Crippen LogP contribution in [0.5, 0.6) is 5.75 Å². The van der Waals surface area contributed by atoms with Crippen LogP contribution in [0.1, 0.15) is 17.0 Å². The number of carbonyl (C=O) groups is 1. The van der Waals surface area contributed by atoms with Gasteiger partial charge in [0.05, 0.1) is 29.7 Å². The summed E-state index contributed by atoms with van der Waals surface area (Å²) in [5.74, 6) is -0.538. The van der Waals surface area contributed by atoms with Gasteiger partial charge in [0, 0.05) is 6.07 Å². The predicted octanol–water partition coefficient (Wildman–Crippen LogP) is 4.37. The minimum Gasteiger partial charge on any atom is -0.494 e. The largest absolute Gasteiger partial charge is 0.494 e. The first-order chi connectivity index (χ1) is 13.1. The monoisotopic (exact) mass is 362 g/mol. The number of methoxy groups -OCH3 is 1. The molecule has 0 aliphatic heterocycles. The molecular formula is C21H18N2O4. The van der Waals surface area contributed by atoms with Gasteiger partial charge in [0.2, 0.25) is 5.91 Å². The summed E-state index contributed by atoms with van der Waals surface area (Å²) in [4.78, 5) is 23.5. The van der Waals surface area contributed by atoms with Crippen LogP contribution in [0.3, 0.4) is 0 Å². The van der Waals surface area contributed by atoms with Gasteiger partial charge in [-0.3, -0.25) is 14.9 Å². The molecule has 3 aromatic rings. The number of hydrogen-bond acceptors (Lipinski definition) is 4. The highest BCUT2D eigenvalue weighted by Gasteiger charge is 2.24. The van der Waals surface area contributed by atoms with Crippen LogP contribution in [0.2, 0.25) is 0 Å². The van der Waals surface area contributed by atoms with Crippen molar-refractivity contribution in [3.8, 4) is 5.75 Å². The van der Waals surface area contributed by atoms with E-state index < -0.39 is 10.8 Å². The maximum atomic E-state index is 13.1. The number of carbonyl (C=O) groups excluding carboxylic acids is 1. The maximum absolute atomic E-state index is 13.1. The molecule has 0 aliphatic carbocycles. The third-order valence-electron chi connectivity index (χ3n) is 4.18. The Labute approximate surface area is 156 Å². The molecule has 0 saturated heterocycles. The fourth-order valence-electron chi connectivity index (χ4n) is 2.89. The summed E-state index contributed by atoms with van der Waals surface area (Å²) in [5.41, 5.74) is 1.97. The van der Waals surface area contributed by atoms with Crippen molar-refractivity contribution in [1.82, 2.24) is 0 Å². The van der Waals surface area contributed by atoms with Crippen LogP contribution in [0.15, 0.2) is 78.9 Å².